The second-order valence-corrected chi connectivity index (χ2v) is 4.95. The number of aryl methyl sites for hydroxylation is 1. The lowest BCUT2D eigenvalue weighted by Gasteiger charge is -2.16. The average molecular weight is 270 g/mol. The molecule has 0 saturated carbocycles. The zero-order chi connectivity index (χ0) is 12.4. The van der Waals surface area contributed by atoms with Crippen LogP contribution in [-0.4, -0.2) is 27.4 Å². The molecule has 0 spiro atoms. The Kier molecular flexibility index (Phi) is 3.49. The Morgan fingerprint density at radius 2 is 2.41 bits per heavy atom. The number of rotatable bonds is 3. The highest BCUT2D eigenvalue weighted by molar-refractivity contribution is 7.07. The van der Waals surface area contributed by atoms with E-state index in [0.717, 1.165) is 5.69 Å². The lowest BCUT2D eigenvalue weighted by molar-refractivity contribution is 0.0774. The first kappa shape index (κ1) is 12.1. The Morgan fingerprint density at radius 1 is 1.65 bits per heavy atom. The summed E-state index contributed by atoms with van der Waals surface area (Å²) in [6.45, 7) is 0.505. The van der Waals surface area contributed by atoms with Crippen molar-refractivity contribution >= 4 is 28.8 Å². The highest BCUT2D eigenvalue weighted by Crippen LogP contribution is 2.15. The number of carbonyl (C=O) groups is 1. The Labute approximate surface area is 108 Å². The molecule has 1 amide bonds. The third-order valence-corrected chi connectivity index (χ3v) is 3.26. The smallest absolute Gasteiger partial charge is 0.270 e. The van der Waals surface area contributed by atoms with Gasteiger partial charge in [-0.25, -0.2) is 4.98 Å². The first-order chi connectivity index (χ1) is 8.08. The van der Waals surface area contributed by atoms with Gasteiger partial charge in [-0.15, -0.1) is 11.3 Å². The van der Waals surface area contributed by atoms with Crippen LogP contribution in [0.4, 0.5) is 0 Å². The lowest BCUT2D eigenvalue weighted by Crippen LogP contribution is -2.27. The van der Waals surface area contributed by atoms with E-state index in [1.807, 2.05) is 5.38 Å². The fourth-order valence-corrected chi connectivity index (χ4v) is 2.36. The molecule has 2 rings (SSSR count). The number of amides is 1. The number of nitrogens with zero attached hydrogens (tertiary/aromatic N) is 3. The third kappa shape index (κ3) is 2.68. The normalized spacial score (nSPS) is 10.5. The molecule has 0 fully saturated rings. The van der Waals surface area contributed by atoms with E-state index in [1.54, 1.807) is 41.3 Å². The average Bonchev–Trinajstić information content (AvgIpc) is 2.87. The van der Waals surface area contributed by atoms with Crippen LogP contribution in [-0.2, 0) is 13.6 Å². The van der Waals surface area contributed by atoms with Crippen molar-refractivity contribution in [3.8, 4) is 0 Å². The van der Waals surface area contributed by atoms with Crippen LogP contribution in [0, 0.1) is 0 Å². The molecule has 2 aromatic heterocycles. The molecule has 90 valence electrons. The summed E-state index contributed by atoms with van der Waals surface area (Å²) < 4.78 is 1.72. The van der Waals surface area contributed by atoms with Crippen molar-refractivity contribution < 1.29 is 4.79 Å². The maximum absolute atomic E-state index is 12.1. The minimum atomic E-state index is -0.0626. The van der Waals surface area contributed by atoms with Gasteiger partial charge in [0.25, 0.3) is 5.91 Å². The fraction of sp³-hybridized carbons (Fsp3) is 0.273. The van der Waals surface area contributed by atoms with Crippen molar-refractivity contribution in [1.82, 2.24) is 14.5 Å². The maximum atomic E-state index is 12.1. The quantitative estimate of drug-likeness (QED) is 0.858. The number of hydrogen-bond acceptors (Lipinski definition) is 3. The highest BCUT2D eigenvalue weighted by Gasteiger charge is 2.16. The number of halogens is 1. The van der Waals surface area contributed by atoms with Gasteiger partial charge < -0.3 is 9.47 Å². The van der Waals surface area contributed by atoms with Crippen LogP contribution < -0.4 is 0 Å². The van der Waals surface area contributed by atoms with Gasteiger partial charge in [0.15, 0.2) is 0 Å². The Bertz CT molecular complexity index is 521. The van der Waals surface area contributed by atoms with Crippen LogP contribution in [0.2, 0.25) is 5.02 Å². The van der Waals surface area contributed by atoms with Gasteiger partial charge in [0.05, 0.1) is 22.8 Å². The van der Waals surface area contributed by atoms with Gasteiger partial charge in [0.2, 0.25) is 0 Å². The second kappa shape index (κ2) is 4.89. The van der Waals surface area contributed by atoms with Gasteiger partial charge in [-0.1, -0.05) is 11.6 Å². The Hall–Kier alpha value is -1.33. The van der Waals surface area contributed by atoms with Crippen molar-refractivity contribution in [3.05, 3.63) is 39.6 Å². The van der Waals surface area contributed by atoms with Gasteiger partial charge in [-0.3, -0.25) is 4.79 Å². The molecular weight excluding hydrogens is 258 g/mol. The molecule has 0 aromatic carbocycles. The molecule has 0 unspecified atom stereocenters. The van der Waals surface area contributed by atoms with Crippen molar-refractivity contribution in [2.75, 3.05) is 7.05 Å². The molecular formula is C11H12ClN3OS. The summed E-state index contributed by atoms with van der Waals surface area (Å²) in [6.07, 6.45) is 1.71. The molecule has 0 saturated heterocycles. The predicted octanol–water partition coefficient (Wildman–Crippen LogP) is 2.41. The molecule has 6 heteroatoms. The number of aromatic nitrogens is 2. The summed E-state index contributed by atoms with van der Waals surface area (Å²) in [5.74, 6) is -0.0626. The molecule has 0 radical (unpaired) electrons. The Balaban J connectivity index is 2.12. The molecule has 0 aliphatic heterocycles. The molecule has 0 atom stereocenters. The lowest BCUT2D eigenvalue weighted by atomic mass is 10.3. The van der Waals surface area contributed by atoms with E-state index in [-0.39, 0.29) is 5.91 Å². The topological polar surface area (TPSA) is 38.1 Å². The van der Waals surface area contributed by atoms with Crippen LogP contribution in [0.5, 0.6) is 0 Å². The minimum Gasteiger partial charge on any atom is -0.345 e. The number of carbonyl (C=O) groups excluding carboxylic acids is 1. The van der Waals surface area contributed by atoms with Crippen LogP contribution >= 0.6 is 22.9 Å². The summed E-state index contributed by atoms with van der Waals surface area (Å²) in [6, 6.07) is 1.67. The summed E-state index contributed by atoms with van der Waals surface area (Å²) in [4.78, 5) is 17.9. The summed E-state index contributed by atoms with van der Waals surface area (Å²) in [5.41, 5.74) is 3.23. The predicted molar refractivity (Wildman–Crippen MR) is 68.3 cm³/mol. The molecule has 17 heavy (non-hydrogen) atoms. The molecule has 0 aliphatic rings. The van der Waals surface area contributed by atoms with Gasteiger partial charge in [0, 0.05) is 25.7 Å². The largest absolute Gasteiger partial charge is 0.345 e. The number of hydrogen-bond donors (Lipinski definition) is 0. The van der Waals surface area contributed by atoms with E-state index < -0.39 is 0 Å². The molecule has 0 aliphatic carbocycles. The molecule has 0 bridgehead atoms. The van der Waals surface area contributed by atoms with E-state index >= 15 is 0 Å². The summed E-state index contributed by atoms with van der Waals surface area (Å²) >= 11 is 7.38. The van der Waals surface area contributed by atoms with Crippen LogP contribution in [0.3, 0.4) is 0 Å². The number of thiazole rings is 1. The minimum absolute atomic E-state index is 0.0626. The zero-order valence-electron chi connectivity index (χ0n) is 9.55. The maximum Gasteiger partial charge on any atom is 0.270 e. The highest BCUT2D eigenvalue weighted by atomic mass is 35.5. The van der Waals surface area contributed by atoms with Gasteiger partial charge in [0.1, 0.15) is 5.69 Å². The third-order valence-electron chi connectivity index (χ3n) is 2.42. The van der Waals surface area contributed by atoms with E-state index in [1.165, 1.54) is 11.3 Å². The van der Waals surface area contributed by atoms with E-state index in [9.17, 15) is 4.79 Å². The van der Waals surface area contributed by atoms with Gasteiger partial charge in [-0.2, -0.15) is 0 Å². The van der Waals surface area contributed by atoms with E-state index in [2.05, 4.69) is 4.98 Å². The first-order valence-electron chi connectivity index (χ1n) is 5.02. The van der Waals surface area contributed by atoms with Gasteiger partial charge >= 0.3 is 0 Å². The van der Waals surface area contributed by atoms with Crippen molar-refractivity contribution in [2.24, 2.45) is 7.05 Å². The van der Waals surface area contributed by atoms with E-state index in [0.29, 0.717) is 17.3 Å². The Morgan fingerprint density at radius 3 is 2.94 bits per heavy atom. The van der Waals surface area contributed by atoms with Crippen molar-refractivity contribution in [2.45, 2.75) is 6.54 Å². The van der Waals surface area contributed by atoms with Gasteiger partial charge in [-0.05, 0) is 6.07 Å². The summed E-state index contributed by atoms with van der Waals surface area (Å²) in [5, 5.41) is 2.50. The fourth-order valence-electron chi connectivity index (χ4n) is 1.56. The van der Waals surface area contributed by atoms with Crippen LogP contribution in [0.25, 0.3) is 0 Å². The standard InChI is InChI=1S/C11H12ClN3OS/c1-14-4-8(12)3-10(14)11(16)15(2)5-9-6-17-7-13-9/h3-4,6-7H,5H2,1-2H3. The molecule has 4 nitrogen and oxygen atoms in total. The molecule has 2 aromatic rings. The second-order valence-electron chi connectivity index (χ2n) is 3.80. The van der Waals surface area contributed by atoms with Crippen molar-refractivity contribution in [1.29, 1.82) is 0 Å². The molecule has 2 heterocycles. The monoisotopic (exact) mass is 269 g/mol. The zero-order valence-corrected chi connectivity index (χ0v) is 11.1. The summed E-state index contributed by atoms with van der Waals surface area (Å²) in [7, 11) is 3.55. The van der Waals surface area contributed by atoms with E-state index in [4.69, 9.17) is 11.6 Å². The SMILES string of the molecule is CN(Cc1cscn1)C(=O)c1cc(Cl)cn1C. The van der Waals surface area contributed by atoms with Crippen LogP contribution in [0.1, 0.15) is 16.2 Å². The van der Waals surface area contributed by atoms with Crippen LogP contribution in [0.15, 0.2) is 23.2 Å². The van der Waals surface area contributed by atoms with Crippen molar-refractivity contribution in [3.63, 3.8) is 0 Å². The molecule has 0 N–H and O–H groups in total. The first-order valence-corrected chi connectivity index (χ1v) is 6.34.